The average molecular weight is 362 g/mol. The third-order valence-electron chi connectivity index (χ3n) is 5.07. The Morgan fingerprint density at radius 1 is 1.15 bits per heavy atom. The number of amides is 1. The van der Waals surface area contributed by atoms with Crippen molar-refractivity contribution in [3.05, 3.63) is 72.3 Å². The smallest absolute Gasteiger partial charge is 0.249 e. The number of aromatic nitrogens is 2. The van der Waals surface area contributed by atoms with Crippen molar-refractivity contribution in [1.82, 2.24) is 4.57 Å². The van der Waals surface area contributed by atoms with Gasteiger partial charge in [0, 0.05) is 31.6 Å². The number of carbonyl (C=O) groups is 1. The predicted octanol–water partition coefficient (Wildman–Crippen LogP) is 3.26. The standard InChI is InChI=1S/C22H24N3O2/c1-17-14-24(16-23(17)15-18-7-4-3-5-8-18)20-11-10-19(13-21(20)27-2)25-12-6-9-22(25)26/h3-5,7-8,10-11,13-14,16H,6,9,12,15H2,1-2H3/q+1. The molecule has 1 saturated heterocycles. The van der Waals surface area contributed by atoms with Crippen LogP contribution in [0.15, 0.2) is 61.1 Å². The second-order valence-electron chi connectivity index (χ2n) is 6.91. The summed E-state index contributed by atoms with van der Waals surface area (Å²) < 4.78 is 9.93. The highest BCUT2D eigenvalue weighted by Crippen LogP contribution is 2.28. The van der Waals surface area contributed by atoms with Gasteiger partial charge in [0.2, 0.25) is 12.2 Å². The molecule has 1 aliphatic rings. The van der Waals surface area contributed by atoms with Crippen LogP contribution in [0, 0.1) is 6.92 Å². The molecule has 0 N–H and O–H groups in total. The lowest BCUT2D eigenvalue weighted by Gasteiger charge is -2.17. The number of anilines is 1. The van der Waals surface area contributed by atoms with Gasteiger partial charge in [0.1, 0.15) is 18.4 Å². The van der Waals surface area contributed by atoms with Crippen molar-refractivity contribution < 1.29 is 14.1 Å². The molecule has 138 valence electrons. The lowest BCUT2D eigenvalue weighted by atomic mass is 10.2. The number of rotatable bonds is 5. The number of ether oxygens (including phenoxy) is 1. The summed E-state index contributed by atoms with van der Waals surface area (Å²) in [5.41, 5.74) is 4.29. The van der Waals surface area contributed by atoms with Crippen molar-refractivity contribution in [3.8, 4) is 11.4 Å². The van der Waals surface area contributed by atoms with Crippen LogP contribution in [0.3, 0.4) is 0 Å². The van der Waals surface area contributed by atoms with Crippen molar-refractivity contribution in [2.45, 2.75) is 26.3 Å². The maximum Gasteiger partial charge on any atom is 0.249 e. The molecule has 0 unspecified atom stereocenters. The van der Waals surface area contributed by atoms with E-state index in [-0.39, 0.29) is 5.91 Å². The molecule has 1 amide bonds. The fourth-order valence-electron chi connectivity index (χ4n) is 3.60. The number of methoxy groups -OCH3 is 1. The highest BCUT2D eigenvalue weighted by atomic mass is 16.5. The van der Waals surface area contributed by atoms with Crippen LogP contribution in [0.5, 0.6) is 5.75 Å². The SMILES string of the molecule is COc1cc(N2CCCC2=O)ccc1-[n+]1cc(C)n(Cc2ccccc2)c1. The Hall–Kier alpha value is -3.08. The minimum Gasteiger partial charge on any atom is -0.492 e. The molecule has 0 saturated carbocycles. The number of carbonyl (C=O) groups excluding carboxylic acids is 1. The van der Waals surface area contributed by atoms with Gasteiger partial charge in [-0.3, -0.25) is 4.79 Å². The van der Waals surface area contributed by atoms with E-state index in [0.29, 0.717) is 6.42 Å². The van der Waals surface area contributed by atoms with Crippen LogP contribution in [0.1, 0.15) is 24.1 Å². The zero-order chi connectivity index (χ0) is 18.8. The van der Waals surface area contributed by atoms with Crippen molar-refractivity contribution in [3.63, 3.8) is 0 Å². The topological polar surface area (TPSA) is 38.4 Å². The number of aryl methyl sites for hydroxylation is 1. The van der Waals surface area contributed by atoms with Crippen LogP contribution >= 0.6 is 0 Å². The molecule has 1 aromatic heterocycles. The average Bonchev–Trinajstić information content (AvgIpc) is 3.28. The Kier molecular flexibility index (Phi) is 4.67. The van der Waals surface area contributed by atoms with E-state index in [4.69, 9.17) is 4.74 Å². The molecule has 0 atom stereocenters. The molecular weight excluding hydrogens is 338 g/mol. The molecule has 4 rings (SSSR count). The van der Waals surface area contributed by atoms with Gasteiger partial charge in [-0.1, -0.05) is 30.3 Å². The Morgan fingerprint density at radius 3 is 2.67 bits per heavy atom. The van der Waals surface area contributed by atoms with Gasteiger partial charge in [0.25, 0.3) is 0 Å². The number of nitrogens with zero attached hydrogens (tertiary/aromatic N) is 3. The largest absolute Gasteiger partial charge is 0.492 e. The summed E-state index contributed by atoms with van der Waals surface area (Å²) in [5.74, 6) is 0.941. The molecule has 0 bridgehead atoms. The summed E-state index contributed by atoms with van der Waals surface area (Å²) in [7, 11) is 1.67. The minimum atomic E-state index is 0.183. The van der Waals surface area contributed by atoms with Crippen molar-refractivity contribution >= 4 is 11.6 Å². The summed E-state index contributed by atoms with van der Waals surface area (Å²) in [6.45, 7) is 3.70. The highest BCUT2D eigenvalue weighted by molar-refractivity contribution is 5.95. The normalized spacial score (nSPS) is 14.0. The van der Waals surface area contributed by atoms with Crippen molar-refractivity contribution in [1.29, 1.82) is 0 Å². The lowest BCUT2D eigenvalue weighted by Crippen LogP contribution is -2.29. The number of hydrogen-bond acceptors (Lipinski definition) is 2. The van der Waals surface area contributed by atoms with Gasteiger partial charge in [-0.25, -0.2) is 4.57 Å². The number of imidazole rings is 1. The van der Waals surface area contributed by atoms with E-state index in [0.717, 1.165) is 36.6 Å². The fourth-order valence-corrected chi connectivity index (χ4v) is 3.60. The maximum absolute atomic E-state index is 12.0. The van der Waals surface area contributed by atoms with Crippen LogP contribution < -0.4 is 14.2 Å². The van der Waals surface area contributed by atoms with Crippen LogP contribution in [0.25, 0.3) is 5.69 Å². The summed E-state index contributed by atoms with van der Waals surface area (Å²) >= 11 is 0. The molecule has 1 fully saturated rings. The van der Waals surface area contributed by atoms with E-state index in [1.807, 2.05) is 29.2 Å². The molecule has 2 aromatic carbocycles. The molecule has 5 nitrogen and oxygen atoms in total. The molecule has 27 heavy (non-hydrogen) atoms. The van der Waals surface area contributed by atoms with Gasteiger partial charge in [-0.2, -0.15) is 4.57 Å². The van der Waals surface area contributed by atoms with Gasteiger partial charge in [0.15, 0.2) is 11.4 Å². The molecule has 0 aliphatic carbocycles. The van der Waals surface area contributed by atoms with Gasteiger partial charge in [0.05, 0.1) is 7.11 Å². The van der Waals surface area contributed by atoms with E-state index in [1.54, 1.807) is 7.11 Å². The van der Waals surface area contributed by atoms with Crippen LogP contribution in [-0.2, 0) is 11.3 Å². The summed E-state index contributed by atoms with van der Waals surface area (Å²) in [5, 5.41) is 0. The van der Waals surface area contributed by atoms with Gasteiger partial charge in [-0.15, -0.1) is 0 Å². The van der Waals surface area contributed by atoms with E-state index in [9.17, 15) is 4.79 Å². The number of benzene rings is 2. The van der Waals surface area contributed by atoms with Gasteiger partial charge in [-0.05, 0) is 24.1 Å². The fraction of sp³-hybridized carbons (Fsp3) is 0.273. The Bertz CT molecular complexity index is 963. The zero-order valence-electron chi connectivity index (χ0n) is 15.8. The molecular formula is C22H24N3O2+. The van der Waals surface area contributed by atoms with Gasteiger partial charge >= 0.3 is 0 Å². The summed E-state index contributed by atoms with van der Waals surface area (Å²) in [6.07, 6.45) is 5.72. The third-order valence-corrected chi connectivity index (χ3v) is 5.07. The third kappa shape index (κ3) is 3.45. The van der Waals surface area contributed by atoms with E-state index >= 15 is 0 Å². The van der Waals surface area contributed by atoms with Crippen molar-refractivity contribution in [2.75, 3.05) is 18.6 Å². The van der Waals surface area contributed by atoms with Crippen LogP contribution in [0.2, 0.25) is 0 Å². The first-order valence-corrected chi connectivity index (χ1v) is 9.26. The summed E-state index contributed by atoms with van der Waals surface area (Å²) in [6, 6.07) is 16.4. The molecule has 5 heteroatoms. The second kappa shape index (κ2) is 7.27. The van der Waals surface area contributed by atoms with E-state index in [1.165, 1.54) is 11.3 Å². The molecule has 2 heterocycles. The number of hydrogen-bond donors (Lipinski definition) is 0. The highest BCUT2D eigenvalue weighted by Gasteiger charge is 2.24. The first-order chi connectivity index (χ1) is 13.2. The van der Waals surface area contributed by atoms with E-state index < -0.39 is 0 Å². The Labute approximate surface area is 159 Å². The first-order valence-electron chi connectivity index (χ1n) is 9.26. The Morgan fingerprint density at radius 2 is 1.96 bits per heavy atom. The van der Waals surface area contributed by atoms with Crippen LogP contribution in [-0.4, -0.2) is 24.1 Å². The molecule has 0 spiro atoms. The molecule has 3 aromatic rings. The van der Waals surface area contributed by atoms with Crippen molar-refractivity contribution in [2.24, 2.45) is 0 Å². The quantitative estimate of drug-likeness (QED) is 0.654. The summed E-state index contributed by atoms with van der Waals surface area (Å²) in [4.78, 5) is 13.9. The maximum atomic E-state index is 12.0. The lowest BCUT2D eigenvalue weighted by molar-refractivity contribution is -0.595. The zero-order valence-corrected chi connectivity index (χ0v) is 15.8. The predicted molar refractivity (Wildman–Crippen MR) is 104 cm³/mol. The van der Waals surface area contributed by atoms with E-state index in [2.05, 4.69) is 52.8 Å². The Balaban J connectivity index is 1.65. The van der Waals surface area contributed by atoms with Crippen LogP contribution in [0.4, 0.5) is 5.69 Å². The second-order valence-corrected chi connectivity index (χ2v) is 6.91. The minimum absolute atomic E-state index is 0.183. The monoisotopic (exact) mass is 362 g/mol. The van der Waals surface area contributed by atoms with Gasteiger partial charge < -0.3 is 9.64 Å². The molecule has 1 aliphatic heterocycles. The molecule has 0 radical (unpaired) electrons. The first kappa shape index (κ1) is 17.3.